The van der Waals surface area contributed by atoms with Crippen LogP contribution in [-0.2, 0) is 0 Å². The zero-order valence-corrected chi connectivity index (χ0v) is 16.6. The second-order valence-electron chi connectivity index (χ2n) is 6.45. The zero-order valence-electron chi connectivity index (χ0n) is 15.0. The van der Waals surface area contributed by atoms with Crippen LogP contribution >= 0.6 is 23.4 Å². The number of carbonyl (C=O) groups excluding carboxylic acids is 1. The van der Waals surface area contributed by atoms with Gasteiger partial charge in [-0.3, -0.25) is 4.79 Å². The Morgan fingerprint density at radius 1 is 1.22 bits per heavy atom. The smallest absolute Gasteiger partial charge is 0.289 e. The molecule has 1 saturated heterocycles. The lowest BCUT2D eigenvalue weighted by atomic mass is 10.1. The molecule has 2 heterocycles. The average molecular weight is 402 g/mol. The van der Waals surface area contributed by atoms with Crippen LogP contribution < -0.4 is 4.74 Å². The van der Waals surface area contributed by atoms with Gasteiger partial charge in [-0.2, -0.15) is 11.8 Å². The minimum Gasteiger partial charge on any atom is -0.493 e. The van der Waals surface area contributed by atoms with Crippen molar-refractivity contribution >= 4 is 40.2 Å². The van der Waals surface area contributed by atoms with Gasteiger partial charge in [-0.15, -0.1) is 0 Å². The van der Waals surface area contributed by atoms with Crippen molar-refractivity contribution in [3.63, 3.8) is 0 Å². The van der Waals surface area contributed by atoms with E-state index in [4.69, 9.17) is 20.8 Å². The van der Waals surface area contributed by atoms with E-state index in [0.717, 1.165) is 28.1 Å². The highest BCUT2D eigenvalue weighted by Gasteiger charge is 2.26. The largest absolute Gasteiger partial charge is 0.493 e. The Bertz CT molecular complexity index is 971. The van der Waals surface area contributed by atoms with E-state index in [1.54, 1.807) is 13.2 Å². The van der Waals surface area contributed by atoms with Crippen LogP contribution in [0, 0.1) is 0 Å². The van der Waals surface area contributed by atoms with Crippen LogP contribution in [0.1, 0.15) is 27.8 Å². The number of fused-ring (bicyclic) bond motifs is 1. The Kier molecular flexibility index (Phi) is 5.32. The third-order valence-electron chi connectivity index (χ3n) is 4.82. The summed E-state index contributed by atoms with van der Waals surface area (Å²) in [4.78, 5) is 14.9. The van der Waals surface area contributed by atoms with Crippen LogP contribution in [0.5, 0.6) is 5.75 Å². The lowest BCUT2D eigenvalue weighted by Gasteiger charge is -2.19. The summed E-state index contributed by atoms with van der Waals surface area (Å²) in [5, 5.41) is 1.96. The number of halogens is 1. The molecule has 1 aromatic heterocycles. The summed E-state index contributed by atoms with van der Waals surface area (Å²) in [5.41, 5.74) is 1.76. The van der Waals surface area contributed by atoms with E-state index in [9.17, 15) is 4.79 Å². The third-order valence-corrected chi connectivity index (χ3v) is 6.47. The number of hydrogen-bond acceptors (Lipinski definition) is 4. The highest BCUT2D eigenvalue weighted by molar-refractivity contribution is 7.99. The summed E-state index contributed by atoms with van der Waals surface area (Å²) in [7, 11) is 1.60. The SMILES string of the molecule is COc1cccc2cc(C(=O)N3CCSC(c4ccccc4Cl)CC3)oc12. The molecule has 1 aliphatic heterocycles. The second-order valence-corrected chi connectivity index (χ2v) is 8.17. The molecule has 140 valence electrons. The minimum atomic E-state index is -0.0753. The molecule has 0 saturated carbocycles. The predicted molar refractivity (Wildman–Crippen MR) is 110 cm³/mol. The monoisotopic (exact) mass is 401 g/mol. The second kappa shape index (κ2) is 7.87. The summed E-state index contributed by atoms with van der Waals surface area (Å²) in [6, 6.07) is 15.4. The summed E-state index contributed by atoms with van der Waals surface area (Å²) in [6.45, 7) is 1.37. The first-order valence-corrected chi connectivity index (χ1v) is 10.3. The van der Waals surface area contributed by atoms with Crippen molar-refractivity contribution in [2.75, 3.05) is 26.0 Å². The molecule has 1 unspecified atom stereocenters. The van der Waals surface area contributed by atoms with Gasteiger partial charge >= 0.3 is 0 Å². The van der Waals surface area contributed by atoms with Crippen molar-refractivity contribution in [3.05, 3.63) is 64.9 Å². The van der Waals surface area contributed by atoms with E-state index >= 15 is 0 Å². The van der Waals surface area contributed by atoms with Crippen molar-refractivity contribution in [1.82, 2.24) is 4.90 Å². The van der Waals surface area contributed by atoms with Gasteiger partial charge in [0.15, 0.2) is 17.1 Å². The molecule has 1 fully saturated rings. The summed E-state index contributed by atoms with van der Waals surface area (Å²) in [5.74, 6) is 1.78. The van der Waals surface area contributed by atoms with Crippen LogP contribution in [0.2, 0.25) is 5.02 Å². The lowest BCUT2D eigenvalue weighted by molar-refractivity contribution is 0.0737. The Balaban J connectivity index is 1.52. The van der Waals surface area contributed by atoms with Gasteiger partial charge in [0.05, 0.1) is 7.11 Å². The molecule has 0 spiro atoms. The zero-order chi connectivity index (χ0) is 18.8. The molecule has 27 heavy (non-hydrogen) atoms. The Hall–Kier alpha value is -2.11. The van der Waals surface area contributed by atoms with E-state index in [2.05, 4.69) is 6.07 Å². The Labute approximate surface area is 167 Å². The van der Waals surface area contributed by atoms with Crippen LogP contribution in [0.4, 0.5) is 0 Å². The van der Waals surface area contributed by atoms with Crippen molar-refractivity contribution in [1.29, 1.82) is 0 Å². The maximum Gasteiger partial charge on any atom is 0.289 e. The number of para-hydroxylation sites is 1. The standard InChI is InChI=1S/C21H20ClNO3S/c1-25-17-8-4-5-14-13-18(26-20(14)17)21(24)23-10-9-19(27-12-11-23)15-6-2-3-7-16(15)22/h2-8,13,19H,9-12H2,1H3. The highest BCUT2D eigenvalue weighted by Crippen LogP contribution is 2.38. The number of ether oxygens (including phenoxy) is 1. The van der Waals surface area contributed by atoms with Crippen LogP contribution in [-0.4, -0.2) is 36.8 Å². The molecular formula is C21H20ClNO3S. The molecule has 2 aromatic carbocycles. The van der Waals surface area contributed by atoms with Crippen LogP contribution in [0.15, 0.2) is 52.9 Å². The molecule has 4 rings (SSSR count). The summed E-state index contributed by atoms with van der Waals surface area (Å²) < 4.78 is 11.2. The number of carbonyl (C=O) groups is 1. The van der Waals surface area contributed by atoms with Crippen LogP contribution in [0.3, 0.4) is 0 Å². The first-order valence-electron chi connectivity index (χ1n) is 8.89. The third kappa shape index (κ3) is 3.66. The quantitative estimate of drug-likeness (QED) is 0.588. The molecule has 1 aliphatic rings. The van der Waals surface area contributed by atoms with E-state index in [0.29, 0.717) is 35.4 Å². The number of thioether (sulfide) groups is 1. The number of nitrogens with zero attached hydrogens (tertiary/aromatic N) is 1. The fourth-order valence-electron chi connectivity index (χ4n) is 3.42. The number of hydrogen-bond donors (Lipinski definition) is 0. The number of benzene rings is 2. The Morgan fingerprint density at radius 2 is 2.07 bits per heavy atom. The number of rotatable bonds is 3. The number of furan rings is 1. The Morgan fingerprint density at radius 3 is 2.89 bits per heavy atom. The number of amides is 1. The van der Waals surface area contributed by atoms with Crippen molar-refractivity contribution in [3.8, 4) is 5.75 Å². The molecule has 4 nitrogen and oxygen atoms in total. The minimum absolute atomic E-state index is 0.0753. The van der Waals surface area contributed by atoms with Gasteiger partial charge < -0.3 is 14.1 Å². The first kappa shape index (κ1) is 18.3. The lowest BCUT2D eigenvalue weighted by Crippen LogP contribution is -2.32. The normalized spacial score (nSPS) is 17.7. The molecule has 3 aromatic rings. The maximum absolute atomic E-state index is 13.0. The van der Waals surface area contributed by atoms with E-state index in [-0.39, 0.29) is 5.91 Å². The molecule has 0 bridgehead atoms. The molecule has 6 heteroatoms. The molecule has 1 amide bonds. The van der Waals surface area contributed by atoms with Gasteiger partial charge in [-0.05, 0) is 30.2 Å². The predicted octanol–water partition coefficient (Wildman–Crippen LogP) is 5.42. The molecule has 0 radical (unpaired) electrons. The van der Waals surface area contributed by atoms with Gasteiger partial charge in [-0.1, -0.05) is 41.9 Å². The fraction of sp³-hybridized carbons (Fsp3) is 0.286. The highest BCUT2D eigenvalue weighted by atomic mass is 35.5. The maximum atomic E-state index is 13.0. The van der Waals surface area contributed by atoms with E-state index < -0.39 is 0 Å². The van der Waals surface area contributed by atoms with E-state index in [1.807, 2.05) is 53.1 Å². The van der Waals surface area contributed by atoms with Crippen molar-refractivity contribution in [2.24, 2.45) is 0 Å². The van der Waals surface area contributed by atoms with Gasteiger partial charge in [0.2, 0.25) is 0 Å². The molecular weight excluding hydrogens is 382 g/mol. The van der Waals surface area contributed by atoms with Crippen molar-refractivity contribution < 1.29 is 13.9 Å². The molecule has 0 aliphatic carbocycles. The average Bonchev–Trinajstić information content (AvgIpc) is 2.98. The van der Waals surface area contributed by atoms with Gasteiger partial charge in [0.1, 0.15) is 0 Å². The molecule has 0 N–H and O–H groups in total. The molecule has 1 atom stereocenters. The van der Waals surface area contributed by atoms with Crippen molar-refractivity contribution in [2.45, 2.75) is 11.7 Å². The number of methoxy groups -OCH3 is 1. The van der Waals surface area contributed by atoms with Crippen LogP contribution in [0.25, 0.3) is 11.0 Å². The topological polar surface area (TPSA) is 42.7 Å². The van der Waals surface area contributed by atoms with Gasteiger partial charge in [0.25, 0.3) is 5.91 Å². The fourth-order valence-corrected chi connectivity index (χ4v) is 5.02. The first-order chi connectivity index (χ1) is 13.2. The summed E-state index contributed by atoms with van der Waals surface area (Å²) >= 11 is 8.21. The van der Waals surface area contributed by atoms with E-state index in [1.165, 1.54) is 0 Å². The van der Waals surface area contributed by atoms with Gasteiger partial charge in [-0.25, -0.2) is 0 Å². The summed E-state index contributed by atoms with van der Waals surface area (Å²) in [6.07, 6.45) is 0.865. The van der Waals surface area contributed by atoms with Gasteiger partial charge in [0, 0.05) is 34.5 Å².